The molecule has 1 atom stereocenters. The van der Waals surface area contributed by atoms with Gasteiger partial charge in [0, 0.05) is 12.1 Å². The van der Waals surface area contributed by atoms with Gasteiger partial charge >= 0.3 is 0 Å². The molecule has 0 radical (unpaired) electrons. The van der Waals surface area contributed by atoms with Crippen molar-refractivity contribution >= 4 is 5.91 Å². The lowest BCUT2D eigenvalue weighted by Gasteiger charge is -2.33. The number of carbonyl (C=O) groups excluding carboxylic acids is 1. The Kier molecular flexibility index (Phi) is 5.36. The van der Waals surface area contributed by atoms with Crippen molar-refractivity contribution in [2.75, 3.05) is 20.2 Å². The molecule has 0 spiro atoms. The standard InChI is InChI=1S/C16H21N3O3/c1-22-14-8-11(9-17)2-3-13(14)10-19-6-4-12(5-7-19)15(20)16(18)21/h2-3,8,12,15,20H,4-7,10H2,1H3,(H2,18,21). The van der Waals surface area contributed by atoms with E-state index in [1.807, 2.05) is 6.07 Å². The minimum Gasteiger partial charge on any atom is -0.496 e. The van der Waals surface area contributed by atoms with E-state index in [1.54, 1.807) is 19.2 Å². The lowest BCUT2D eigenvalue weighted by atomic mass is 9.90. The highest BCUT2D eigenvalue weighted by molar-refractivity contribution is 5.78. The molecule has 1 aliphatic heterocycles. The molecule has 0 aliphatic carbocycles. The third kappa shape index (κ3) is 3.75. The van der Waals surface area contributed by atoms with Crippen molar-refractivity contribution in [1.82, 2.24) is 4.90 Å². The van der Waals surface area contributed by atoms with Crippen LogP contribution >= 0.6 is 0 Å². The molecule has 1 saturated heterocycles. The second-order valence-corrected chi connectivity index (χ2v) is 5.60. The summed E-state index contributed by atoms with van der Waals surface area (Å²) in [6.07, 6.45) is 0.428. The third-order valence-corrected chi connectivity index (χ3v) is 4.18. The molecule has 1 heterocycles. The van der Waals surface area contributed by atoms with Gasteiger partial charge < -0.3 is 15.6 Å². The van der Waals surface area contributed by atoms with Crippen LogP contribution in [0.15, 0.2) is 18.2 Å². The number of nitrogens with zero attached hydrogens (tertiary/aromatic N) is 2. The number of amides is 1. The molecule has 2 rings (SSSR count). The number of primary amides is 1. The molecule has 0 aromatic heterocycles. The van der Waals surface area contributed by atoms with E-state index in [0.717, 1.165) is 31.5 Å². The van der Waals surface area contributed by atoms with E-state index >= 15 is 0 Å². The zero-order valence-corrected chi connectivity index (χ0v) is 12.7. The van der Waals surface area contributed by atoms with Gasteiger partial charge in [0.25, 0.3) is 0 Å². The maximum atomic E-state index is 11.0. The summed E-state index contributed by atoms with van der Waals surface area (Å²) in [4.78, 5) is 13.3. The van der Waals surface area contributed by atoms with Crippen LogP contribution in [0.1, 0.15) is 24.0 Å². The summed E-state index contributed by atoms with van der Waals surface area (Å²) in [6.45, 7) is 2.30. The second kappa shape index (κ2) is 7.25. The highest BCUT2D eigenvalue weighted by atomic mass is 16.5. The van der Waals surface area contributed by atoms with Crippen LogP contribution in [-0.4, -0.2) is 42.2 Å². The van der Waals surface area contributed by atoms with Crippen LogP contribution < -0.4 is 10.5 Å². The van der Waals surface area contributed by atoms with Crippen molar-refractivity contribution < 1.29 is 14.6 Å². The number of methoxy groups -OCH3 is 1. The van der Waals surface area contributed by atoms with Crippen LogP contribution in [0, 0.1) is 17.2 Å². The maximum absolute atomic E-state index is 11.0. The van der Waals surface area contributed by atoms with Crippen LogP contribution in [0.2, 0.25) is 0 Å². The smallest absolute Gasteiger partial charge is 0.246 e. The topological polar surface area (TPSA) is 99.6 Å². The molecule has 22 heavy (non-hydrogen) atoms. The summed E-state index contributed by atoms with van der Waals surface area (Å²) in [5, 5.41) is 18.6. The lowest BCUT2D eigenvalue weighted by molar-refractivity contribution is -0.129. The predicted octanol–water partition coefficient (Wildman–Crippen LogP) is 0.625. The molecule has 6 nitrogen and oxygen atoms in total. The fraction of sp³-hybridized carbons (Fsp3) is 0.500. The average Bonchev–Trinajstić information content (AvgIpc) is 2.55. The number of ether oxygens (including phenoxy) is 1. The SMILES string of the molecule is COc1cc(C#N)ccc1CN1CCC(C(O)C(N)=O)CC1. The Balaban J connectivity index is 1.96. The number of carbonyl (C=O) groups is 1. The van der Waals surface area contributed by atoms with E-state index in [4.69, 9.17) is 15.7 Å². The lowest BCUT2D eigenvalue weighted by Crippen LogP contribution is -2.42. The number of aliphatic hydroxyl groups is 1. The highest BCUT2D eigenvalue weighted by Gasteiger charge is 2.28. The number of aliphatic hydroxyl groups excluding tert-OH is 1. The zero-order chi connectivity index (χ0) is 16.1. The Morgan fingerprint density at radius 3 is 2.77 bits per heavy atom. The first-order valence-corrected chi connectivity index (χ1v) is 7.32. The van der Waals surface area contributed by atoms with Crippen LogP contribution in [0.5, 0.6) is 5.75 Å². The molecule has 0 bridgehead atoms. The molecule has 3 N–H and O–H groups in total. The summed E-state index contributed by atoms with van der Waals surface area (Å²) in [5.41, 5.74) is 6.74. The number of hydrogen-bond donors (Lipinski definition) is 2. The summed E-state index contributed by atoms with van der Waals surface area (Å²) in [6, 6.07) is 7.51. The first kappa shape index (κ1) is 16.3. The van der Waals surface area contributed by atoms with Gasteiger partial charge in [-0.15, -0.1) is 0 Å². The predicted molar refractivity (Wildman–Crippen MR) is 80.9 cm³/mol. The molecule has 1 amide bonds. The Labute approximate surface area is 130 Å². The van der Waals surface area contributed by atoms with Crippen molar-refractivity contribution in [3.8, 4) is 11.8 Å². The highest BCUT2D eigenvalue weighted by Crippen LogP contribution is 2.26. The van der Waals surface area contributed by atoms with Gasteiger partial charge in [-0.1, -0.05) is 6.07 Å². The number of piperidine rings is 1. The minimum absolute atomic E-state index is 0.0587. The van der Waals surface area contributed by atoms with Crippen LogP contribution in [-0.2, 0) is 11.3 Å². The van der Waals surface area contributed by atoms with Crippen LogP contribution in [0.3, 0.4) is 0 Å². The van der Waals surface area contributed by atoms with Gasteiger partial charge in [-0.2, -0.15) is 5.26 Å². The van der Waals surface area contributed by atoms with E-state index in [0.29, 0.717) is 17.9 Å². The van der Waals surface area contributed by atoms with Crippen molar-refractivity contribution in [3.05, 3.63) is 29.3 Å². The van der Waals surface area contributed by atoms with Gasteiger partial charge in [0.2, 0.25) is 5.91 Å². The van der Waals surface area contributed by atoms with Gasteiger partial charge in [-0.3, -0.25) is 9.69 Å². The Hall–Kier alpha value is -2.10. The van der Waals surface area contributed by atoms with E-state index in [1.165, 1.54) is 0 Å². The first-order valence-electron chi connectivity index (χ1n) is 7.32. The number of nitrogens with two attached hydrogens (primary N) is 1. The number of hydrogen-bond acceptors (Lipinski definition) is 5. The molecule has 1 aliphatic rings. The quantitative estimate of drug-likeness (QED) is 0.831. The molecular formula is C16H21N3O3. The molecule has 6 heteroatoms. The van der Waals surface area contributed by atoms with E-state index in [-0.39, 0.29) is 5.92 Å². The summed E-state index contributed by atoms with van der Waals surface area (Å²) in [7, 11) is 1.59. The summed E-state index contributed by atoms with van der Waals surface area (Å²) < 4.78 is 5.34. The molecule has 0 saturated carbocycles. The van der Waals surface area contributed by atoms with E-state index < -0.39 is 12.0 Å². The van der Waals surface area contributed by atoms with Gasteiger partial charge in [-0.25, -0.2) is 0 Å². The van der Waals surface area contributed by atoms with Crippen molar-refractivity contribution in [3.63, 3.8) is 0 Å². The number of nitriles is 1. The zero-order valence-electron chi connectivity index (χ0n) is 12.7. The molecule has 1 aromatic rings. The molecule has 1 aromatic carbocycles. The van der Waals surface area contributed by atoms with E-state index in [2.05, 4.69) is 11.0 Å². The molecule has 1 fully saturated rings. The average molecular weight is 303 g/mol. The van der Waals surface area contributed by atoms with Gasteiger partial charge in [0.05, 0.1) is 18.7 Å². The Morgan fingerprint density at radius 1 is 1.55 bits per heavy atom. The van der Waals surface area contributed by atoms with Gasteiger partial charge in [-0.05, 0) is 44.0 Å². The Bertz CT molecular complexity index is 574. The summed E-state index contributed by atoms with van der Waals surface area (Å²) in [5.74, 6) is 0.00201. The van der Waals surface area contributed by atoms with Crippen molar-refractivity contribution in [2.45, 2.75) is 25.5 Å². The van der Waals surface area contributed by atoms with Crippen molar-refractivity contribution in [2.24, 2.45) is 11.7 Å². The van der Waals surface area contributed by atoms with Crippen LogP contribution in [0.4, 0.5) is 0 Å². The second-order valence-electron chi connectivity index (χ2n) is 5.60. The first-order chi connectivity index (χ1) is 10.5. The minimum atomic E-state index is -1.05. The third-order valence-electron chi connectivity index (χ3n) is 4.18. The number of rotatable bonds is 5. The van der Waals surface area contributed by atoms with Gasteiger partial charge in [0.1, 0.15) is 11.9 Å². The molecule has 1 unspecified atom stereocenters. The summed E-state index contributed by atoms with van der Waals surface area (Å²) >= 11 is 0. The van der Waals surface area contributed by atoms with Crippen molar-refractivity contribution in [1.29, 1.82) is 5.26 Å². The normalized spacial score (nSPS) is 17.7. The van der Waals surface area contributed by atoms with Gasteiger partial charge in [0.15, 0.2) is 0 Å². The monoisotopic (exact) mass is 303 g/mol. The number of likely N-dealkylation sites (tertiary alicyclic amines) is 1. The van der Waals surface area contributed by atoms with E-state index in [9.17, 15) is 9.90 Å². The number of benzene rings is 1. The Morgan fingerprint density at radius 2 is 2.23 bits per heavy atom. The molecule has 118 valence electrons. The van der Waals surface area contributed by atoms with Crippen LogP contribution in [0.25, 0.3) is 0 Å². The fourth-order valence-corrected chi connectivity index (χ4v) is 2.84. The maximum Gasteiger partial charge on any atom is 0.246 e. The largest absolute Gasteiger partial charge is 0.496 e. The fourth-order valence-electron chi connectivity index (χ4n) is 2.84. The molecular weight excluding hydrogens is 282 g/mol.